The fourth-order valence-electron chi connectivity index (χ4n) is 2.06. The van der Waals surface area contributed by atoms with Gasteiger partial charge in [0.15, 0.2) is 0 Å². The van der Waals surface area contributed by atoms with Crippen LogP contribution in [0.25, 0.3) is 0 Å². The maximum atomic E-state index is 5.89. The van der Waals surface area contributed by atoms with Crippen molar-refractivity contribution >= 4 is 5.69 Å². The molecule has 3 heteroatoms. The Balaban J connectivity index is 2.11. The minimum atomic E-state index is 0.283. The van der Waals surface area contributed by atoms with Gasteiger partial charge in [-0.15, -0.1) is 0 Å². The highest BCUT2D eigenvalue weighted by Crippen LogP contribution is 2.27. The molecule has 0 aliphatic heterocycles. The van der Waals surface area contributed by atoms with Crippen molar-refractivity contribution in [3.8, 4) is 11.6 Å². The Hall–Kier alpha value is -2.03. The summed E-state index contributed by atoms with van der Waals surface area (Å²) in [6.45, 7) is 8.64. The molecular formula is C17H22N2O. The highest BCUT2D eigenvalue weighted by Gasteiger charge is 2.11. The van der Waals surface area contributed by atoms with Crippen LogP contribution in [-0.2, 0) is 6.42 Å². The van der Waals surface area contributed by atoms with Crippen molar-refractivity contribution in [1.82, 2.24) is 4.98 Å². The summed E-state index contributed by atoms with van der Waals surface area (Å²) in [5.41, 5.74) is 9.06. The third-order valence-corrected chi connectivity index (χ3v) is 2.89. The standard InChI is InChI=1S/C17H22N2O/c1-12-9-15(18)16(19-11-12)20-14-7-5-13(6-8-14)10-17(2,3)4/h5-9,11H,10,18H2,1-4H3. The molecule has 0 spiro atoms. The zero-order valence-electron chi connectivity index (χ0n) is 12.6. The summed E-state index contributed by atoms with van der Waals surface area (Å²) in [6, 6.07) is 9.95. The lowest BCUT2D eigenvalue weighted by Gasteiger charge is -2.18. The number of nitrogens with two attached hydrogens (primary N) is 1. The minimum Gasteiger partial charge on any atom is -0.437 e. The molecule has 0 amide bonds. The van der Waals surface area contributed by atoms with Gasteiger partial charge in [-0.1, -0.05) is 32.9 Å². The Morgan fingerprint density at radius 2 is 1.80 bits per heavy atom. The molecule has 1 aromatic carbocycles. The first-order valence-electron chi connectivity index (χ1n) is 6.82. The second-order valence-corrected chi connectivity index (χ2v) is 6.39. The first-order valence-corrected chi connectivity index (χ1v) is 6.82. The third kappa shape index (κ3) is 3.98. The van der Waals surface area contributed by atoms with E-state index in [1.165, 1.54) is 5.56 Å². The van der Waals surface area contributed by atoms with Crippen LogP contribution in [0.4, 0.5) is 5.69 Å². The Morgan fingerprint density at radius 3 is 2.35 bits per heavy atom. The summed E-state index contributed by atoms with van der Waals surface area (Å²) in [5, 5.41) is 0. The summed E-state index contributed by atoms with van der Waals surface area (Å²) < 4.78 is 5.71. The summed E-state index contributed by atoms with van der Waals surface area (Å²) >= 11 is 0. The van der Waals surface area contributed by atoms with Crippen molar-refractivity contribution in [3.05, 3.63) is 47.7 Å². The van der Waals surface area contributed by atoms with Gasteiger partial charge in [0.1, 0.15) is 5.75 Å². The van der Waals surface area contributed by atoms with Gasteiger partial charge in [-0.2, -0.15) is 0 Å². The quantitative estimate of drug-likeness (QED) is 0.901. The van der Waals surface area contributed by atoms with Crippen molar-refractivity contribution in [2.75, 3.05) is 5.73 Å². The summed E-state index contributed by atoms with van der Waals surface area (Å²) in [4.78, 5) is 4.21. The molecule has 0 atom stereocenters. The topological polar surface area (TPSA) is 48.1 Å². The molecule has 3 nitrogen and oxygen atoms in total. The van der Waals surface area contributed by atoms with Crippen LogP contribution >= 0.6 is 0 Å². The average molecular weight is 270 g/mol. The Labute approximate surface area is 120 Å². The highest BCUT2D eigenvalue weighted by molar-refractivity contribution is 5.50. The van der Waals surface area contributed by atoms with Crippen molar-refractivity contribution in [2.24, 2.45) is 5.41 Å². The predicted molar refractivity (Wildman–Crippen MR) is 83.1 cm³/mol. The average Bonchev–Trinajstić information content (AvgIpc) is 2.33. The smallest absolute Gasteiger partial charge is 0.242 e. The fraction of sp³-hybridized carbons (Fsp3) is 0.353. The number of ether oxygens (including phenoxy) is 1. The van der Waals surface area contributed by atoms with Crippen molar-refractivity contribution < 1.29 is 4.74 Å². The minimum absolute atomic E-state index is 0.283. The fourth-order valence-corrected chi connectivity index (χ4v) is 2.06. The molecule has 0 radical (unpaired) electrons. The van der Waals surface area contributed by atoms with E-state index in [0.29, 0.717) is 11.6 Å². The maximum absolute atomic E-state index is 5.89. The molecule has 0 bridgehead atoms. The molecular weight excluding hydrogens is 248 g/mol. The van der Waals surface area contributed by atoms with Gasteiger partial charge in [0, 0.05) is 6.20 Å². The molecule has 2 N–H and O–H groups in total. The molecule has 106 valence electrons. The molecule has 2 aromatic rings. The van der Waals surface area contributed by atoms with Crippen LogP contribution in [-0.4, -0.2) is 4.98 Å². The number of pyridine rings is 1. The number of rotatable bonds is 3. The van der Waals surface area contributed by atoms with Gasteiger partial charge < -0.3 is 10.5 Å². The van der Waals surface area contributed by atoms with Gasteiger partial charge in [-0.05, 0) is 48.1 Å². The first kappa shape index (κ1) is 14.4. The van der Waals surface area contributed by atoms with Gasteiger partial charge in [0.2, 0.25) is 5.88 Å². The van der Waals surface area contributed by atoms with E-state index in [-0.39, 0.29) is 5.41 Å². The van der Waals surface area contributed by atoms with Crippen molar-refractivity contribution in [2.45, 2.75) is 34.1 Å². The monoisotopic (exact) mass is 270 g/mol. The number of hydrogen-bond acceptors (Lipinski definition) is 3. The van der Waals surface area contributed by atoms with Crippen LogP contribution < -0.4 is 10.5 Å². The van der Waals surface area contributed by atoms with Crippen LogP contribution in [0.2, 0.25) is 0 Å². The Morgan fingerprint density at radius 1 is 1.15 bits per heavy atom. The van der Waals surface area contributed by atoms with Gasteiger partial charge in [0.05, 0.1) is 5.69 Å². The van der Waals surface area contributed by atoms with Crippen LogP contribution in [0.15, 0.2) is 36.5 Å². The molecule has 0 aliphatic rings. The molecule has 2 rings (SSSR count). The number of aromatic nitrogens is 1. The number of benzene rings is 1. The van der Waals surface area contributed by atoms with Gasteiger partial charge in [-0.25, -0.2) is 4.98 Å². The number of nitrogen functional groups attached to an aromatic ring is 1. The van der Waals surface area contributed by atoms with Crippen LogP contribution in [0.5, 0.6) is 11.6 Å². The number of aryl methyl sites for hydroxylation is 1. The van der Waals surface area contributed by atoms with E-state index in [9.17, 15) is 0 Å². The largest absolute Gasteiger partial charge is 0.437 e. The Kier molecular flexibility index (Phi) is 3.98. The lowest BCUT2D eigenvalue weighted by atomic mass is 9.88. The molecule has 0 saturated carbocycles. The lowest BCUT2D eigenvalue weighted by molar-refractivity contribution is 0.410. The summed E-state index contributed by atoms with van der Waals surface area (Å²) in [7, 11) is 0. The molecule has 0 unspecified atom stereocenters. The van der Waals surface area contributed by atoms with E-state index in [0.717, 1.165) is 17.7 Å². The van der Waals surface area contributed by atoms with Crippen LogP contribution in [0.1, 0.15) is 31.9 Å². The van der Waals surface area contributed by atoms with E-state index < -0.39 is 0 Å². The maximum Gasteiger partial charge on any atom is 0.242 e. The zero-order valence-corrected chi connectivity index (χ0v) is 12.6. The SMILES string of the molecule is Cc1cnc(Oc2ccc(CC(C)(C)C)cc2)c(N)c1. The number of nitrogens with zero attached hydrogens (tertiary/aromatic N) is 1. The van der Waals surface area contributed by atoms with Crippen molar-refractivity contribution in [1.29, 1.82) is 0 Å². The van der Waals surface area contributed by atoms with E-state index in [1.807, 2.05) is 25.1 Å². The first-order chi connectivity index (χ1) is 9.33. The normalized spacial score (nSPS) is 11.4. The van der Waals surface area contributed by atoms with Crippen LogP contribution in [0, 0.1) is 12.3 Å². The summed E-state index contributed by atoms with van der Waals surface area (Å²) in [5.74, 6) is 1.21. The molecule has 20 heavy (non-hydrogen) atoms. The van der Waals surface area contributed by atoms with Gasteiger partial charge in [0.25, 0.3) is 0 Å². The second kappa shape index (κ2) is 5.53. The van der Waals surface area contributed by atoms with Gasteiger partial charge in [-0.3, -0.25) is 0 Å². The van der Waals surface area contributed by atoms with Crippen molar-refractivity contribution in [3.63, 3.8) is 0 Å². The molecule has 0 saturated heterocycles. The lowest BCUT2D eigenvalue weighted by Crippen LogP contribution is -2.08. The second-order valence-electron chi connectivity index (χ2n) is 6.39. The number of anilines is 1. The number of hydrogen-bond donors (Lipinski definition) is 1. The molecule has 1 heterocycles. The molecule has 1 aromatic heterocycles. The molecule has 0 fully saturated rings. The highest BCUT2D eigenvalue weighted by atomic mass is 16.5. The molecule has 0 aliphatic carbocycles. The summed E-state index contributed by atoms with van der Waals surface area (Å²) in [6.07, 6.45) is 2.79. The van der Waals surface area contributed by atoms with Gasteiger partial charge >= 0.3 is 0 Å². The Bertz CT molecular complexity index is 583. The van der Waals surface area contributed by atoms with Crippen LogP contribution in [0.3, 0.4) is 0 Å². The third-order valence-electron chi connectivity index (χ3n) is 2.89. The predicted octanol–water partition coefficient (Wildman–Crippen LogP) is 4.35. The zero-order chi connectivity index (χ0) is 14.8. The van der Waals surface area contributed by atoms with E-state index in [1.54, 1.807) is 6.20 Å². The van der Waals surface area contributed by atoms with E-state index in [4.69, 9.17) is 10.5 Å². The van der Waals surface area contributed by atoms with E-state index >= 15 is 0 Å². The van der Waals surface area contributed by atoms with E-state index in [2.05, 4.69) is 37.9 Å².